The molecule has 3 rings (SSSR count). The van der Waals surface area contributed by atoms with E-state index in [9.17, 15) is 18.0 Å². The number of amides is 2. The second-order valence-corrected chi connectivity index (χ2v) is 11.6. The monoisotopic (exact) mass is 571 g/mol. The van der Waals surface area contributed by atoms with Crippen LogP contribution in [0.1, 0.15) is 32.8 Å². The first-order chi connectivity index (χ1) is 18.6. The number of nitrogens with one attached hydrogen (secondary N) is 1. The number of rotatable bonds is 12. The fourth-order valence-corrected chi connectivity index (χ4v) is 5.66. The molecule has 10 heteroatoms. The van der Waals surface area contributed by atoms with Crippen LogP contribution in [0.15, 0.2) is 83.8 Å². The number of hydrogen-bond donors (Lipinski definition) is 1. The van der Waals surface area contributed by atoms with Crippen molar-refractivity contribution in [1.82, 2.24) is 10.2 Å². The van der Waals surface area contributed by atoms with E-state index in [0.717, 1.165) is 9.87 Å². The molecule has 1 atom stereocenters. The van der Waals surface area contributed by atoms with E-state index >= 15 is 0 Å². The topological polar surface area (TPSA) is 96.0 Å². The number of anilines is 1. The minimum Gasteiger partial charge on any atom is -0.497 e. The molecule has 2 amide bonds. The number of halogens is 1. The molecule has 8 nitrogen and oxygen atoms in total. The molecule has 1 N–H and O–H groups in total. The molecule has 0 saturated carbocycles. The zero-order valence-corrected chi connectivity index (χ0v) is 24.1. The highest BCUT2D eigenvalue weighted by Crippen LogP contribution is 2.26. The first kappa shape index (κ1) is 30.0. The maximum absolute atomic E-state index is 14.0. The van der Waals surface area contributed by atoms with Crippen LogP contribution < -0.4 is 14.4 Å². The molecule has 0 fully saturated rings. The summed E-state index contributed by atoms with van der Waals surface area (Å²) in [5.74, 6) is -0.226. The summed E-state index contributed by atoms with van der Waals surface area (Å²) in [6.45, 7) is 5.08. The van der Waals surface area contributed by atoms with Crippen LogP contribution >= 0.6 is 11.6 Å². The molecular weight excluding hydrogens is 538 g/mol. The van der Waals surface area contributed by atoms with Crippen molar-refractivity contribution >= 4 is 39.1 Å². The molecule has 0 aliphatic heterocycles. The molecule has 208 valence electrons. The number of para-hydroxylation sites is 1. The summed E-state index contributed by atoms with van der Waals surface area (Å²) in [7, 11) is -2.60. The average Bonchev–Trinajstić information content (AvgIpc) is 2.91. The van der Waals surface area contributed by atoms with E-state index in [1.807, 2.05) is 26.8 Å². The Hall–Kier alpha value is -3.56. The molecule has 0 aliphatic carbocycles. The second-order valence-electron chi connectivity index (χ2n) is 9.26. The van der Waals surface area contributed by atoms with Gasteiger partial charge in [-0.2, -0.15) is 0 Å². The molecule has 3 aromatic carbocycles. The number of ether oxygens (including phenoxy) is 1. The normalized spacial score (nSPS) is 12.1. The molecule has 0 spiro atoms. The smallest absolute Gasteiger partial charge is 0.264 e. The molecule has 1 unspecified atom stereocenters. The van der Waals surface area contributed by atoms with Crippen molar-refractivity contribution in [3.63, 3.8) is 0 Å². The first-order valence-corrected chi connectivity index (χ1v) is 14.4. The van der Waals surface area contributed by atoms with Gasteiger partial charge >= 0.3 is 0 Å². The van der Waals surface area contributed by atoms with Crippen LogP contribution in [0.25, 0.3) is 0 Å². The molecular formula is C29H34ClN3O5S. The molecule has 0 aliphatic rings. The number of carbonyl (C=O) groups is 2. The third-order valence-electron chi connectivity index (χ3n) is 6.03. The summed E-state index contributed by atoms with van der Waals surface area (Å²) in [4.78, 5) is 28.6. The summed E-state index contributed by atoms with van der Waals surface area (Å²) in [6.07, 6.45) is 0.337. The number of hydrogen-bond acceptors (Lipinski definition) is 5. The predicted octanol–water partition coefficient (Wildman–Crippen LogP) is 4.88. The largest absolute Gasteiger partial charge is 0.497 e. The Labute approximate surface area is 235 Å². The lowest BCUT2D eigenvalue weighted by Crippen LogP contribution is -2.53. The first-order valence-electron chi connectivity index (χ1n) is 12.6. The van der Waals surface area contributed by atoms with Crippen LogP contribution in [0, 0.1) is 0 Å². The van der Waals surface area contributed by atoms with Crippen LogP contribution in [0.5, 0.6) is 5.75 Å². The molecule has 0 bridgehead atoms. The Kier molecular flexibility index (Phi) is 10.4. The minimum atomic E-state index is -4.15. The fraction of sp³-hybridized carbons (Fsp3) is 0.310. The van der Waals surface area contributed by atoms with Crippen LogP contribution in [0.2, 0.25) is 5.02 Å². The van der Waals surface area contributed by atoms with Gasteiger partial charge in [0.15, 0.2) is 0 Å². The van der Waals surface area contributed by atoms with E-state index in [0.29, 0.717) is 22.9 Å². The van der Waals surface area contributed by atoms with E-state index in [4.69, 9.17) is 16.3 Å². The van der Waals surface area contributed by atoms with Gasteiger partial charge in [0.05, 0.1) is 17.7 Å². The van der Waals surface area contributed by atoms with Crippen LogP contribution in [0.3, 0.4) is 0 Å². The van der Waals surface area contributed by atoms with Gasteiger partial charge in [-0.25, -0.2) is 8.42 Å². The van der Waals surface area contributed by atoms with Crippen molar-refractivity contribution in [3.8, 4) is 5.75 Å². The van der Waals surface area contributed by atoms with Gasteiger partial charge in [0.2, 0.25) is 11.8 Å². The predicted molar refractivity (Wildman–Crippen MR) is 153 cm³/mol. The van der Waals surface area contributed by atoms with E-state index in [1.54, 1.807) is 55.6 Å². The van der Waals surface area contributed by atoms with Gasteiger partial charge in [0, 0.05) is 17.6 Å². The zero-order chi connectivity index (χ0) is 28.6. The Bertz CT molecular complexity index is 1370. The minimum absolute atomic E-state index is 0.00695. The van der Waals surface area contributed by atoms with Gasteiger partial charge in [-0.3, -0.25) is 13.9 Å². The van der Waals surface area contributed by atoms with Crippen LogP contribution in [-0.2, 0) is 26.2 Å². The van der Waals surface area contributed by atoms with Gasteiger partial charge in [0.1, 0.15) is 18.3 Å². The quantitative estimate of drug-likeness (QED) is 0.334. The summed E-state index contributed by atoms with van der Waals surface area (Å²) >= 11 is 5.98. The van der Waals surface area contributed by atoms with Crippen LogP contribution in [0.4, 0.5) is 5.69 Å². The average molecular weight is 572 g/mol. The van der Waals surface area contributed by atoms with Crippen molar-refractivity contribution in [2.24, 2.45) is 0 Å². The second kappa shape index (κ2) is 13.5. The van der Waals surface area contributed by atoms with Gasteiger partial charge < -0.3 is 15.0 Å². The Morgan fingerprint density at radius 1 is 0.974 bits per heavy atom. The number of benzene rings is 3. The standard InChI is InChI=1S/C29H34ClN3O5S/c1-5-27(29(35)31-21(2)3)32(19-22-10-9-13-25(18-22)38-4)28(34)20-33(24-11-7-6-8-12-24)39(36,37)26-16-14-23(30)15-17-26/h6-18,21,27H,5,19-20H2,1-4H3,(H,31,35). The third kappa shape index (κ3) is 7.74. The lowest BCUT2D eigenvalue weighted by molar-refractivity contribution is -0.140. The third-order valence-corrected chi connectivity index (χ3v) is 8.07. The maximum Gasteiger partial charge on any atom is 0.264 e. The lowest BCUT2D eigenvalue weighted by atomic mass is 10.1. The van der Waals surface area contributed by atoms with Crippen LogP contribution in [-0.4, -0.2) is 50.9 Å². The SMILES string of the molecule is CCC(C(=O)NC(C)C)N(Cc1cccc(OC)c1)C(=O)CN(c1ccccc1)S(=O)(=O)c1ccc(Cl)cc1. The van der Waals surface area contributed by atoms with Gasteiger partial charge in [-0.05, 0) is 74.4 Å². The van der Waals surface area contributed by atoms with Crippen molar-refractivity contribution in [3.05, 3.63) is 89.4 Å². The molecule has 39 heavy (non-hydrogen) atoms. The molecule has 3 aromatic rings. The van der Waals surface area contributed by atoms with E-state index in [-0.39, 0.29) is 23.4 Å². The molecule has 0 heterocycles. The highest BCUT2D eigenvalue weighted by Gasteiger charge is 2.33. The Morgan fingerprint density at radius 2 is 1.64 bits per heavy atom. The lowest BCUT2D eigenvalue weighted by Gasteiger charge is -2.33. The van der Waals surface area contributed by atoms with Crippen molar-refractivity contribution in [1.29, 1.82) is 0 Å². The summed E-state index contributed by atoms with van der Waals surface area (Å²) in [5, 5.41) is 3.27. The molecule has 0 saturated heterocycles. The molecule has 0 radical (unpaired) electrons. The summed E-state index contributed by atoms with van der Waals surface area (Å²) < 4.78 is 33.9. The van der Waals surface area contributed by atoms with E-state index in [2.05, 4.69) is 5.32 Å². The summed E-state index contributed by atoms with van der Waals surface area (Å²) in [5.41, 5.74) is 1.06. The van der Waals surface area contributed by atoms with Gasteiger partial charge in [0.25, 0.3) is 10.0 Å². The van der Waals surface area contributed by atoms with Gasteiger partial charge in [-0.1, -0.05) is 48.9 Å². The van der Waals surface area contributed by atoms with Crippen molar-refractivity contribution in [2.45, 2.75) is 50.7 Å². The summed E-state index contributed by atoms with van der Waals surface area (Å²) in [6, 6.07) is 20.4. The van der Waals surface area contributed by atoms with E-state index in [1.165, 1.54) is 29.2 Å². The fourth-order valence-electron chi connectivity index (χ4n) is 4.12. The number of methoxy groups -OCH3 is 1. The highest BCUT2D eigenvalue weighted by molar-refractivity contribution is 7.92. The van der Waals surface area contributed by atoms with Gasteiger partial charge in [-0.15, -0.1) is 0 Å². The maximum atomic E-state index is 14.0. The number of nitrogens with zero attached hydrogens (tertiary/aromatic N) is 2. The zero-order valence-electron chi connectivity index (χ0n) is 22.5. The number of sulfonamides is 1. The molecule has 0 aromatic heterocycles. The van der Waals surface area contributed by atoms with Crippen molar-refractivity contribution in [2.75, 3.05) is 18.0 Å². The number of carbonyl (C=O) groups excluding carboxylic acids is 2. The Balaban J connectivity index is 2.04. The Morgan fingerprint density at radius 3 is 2.23 bits per heavy atom. The van der Waals surface area contributed by atoms with Crippen molar-refractivity contribution < 1.29 is 22.7 Å². The van der Waals surface area contributed by atoms with E-state index < -0.39 is 28.5 Å². The highest BCUT2D eigenvalue weighted by atomic mass is 35.5.